The smallest absolute Gasteiger partial charge is 0.240 e. The van der Waals surface area contributed by atoms with Crippen LogP contribution in [0.1, 0.15) is 4.88 Å². The lowest BCUT2D eigenvalue weighted by Crippen LogP contribution is -2.18. The van der Waals surface area contributed by atoms with Crippen LogP contribution in [0, 0.1) is 0 Å². The number of aromatic hydroxyl groups is 1. The summed E-state index contributed by atoms with van der Waals surface area (Å²) in [6.07, 6.45) is 1.62. The number of phenolic OH excluding ortho intramolecular Hbond substituents is 1. The van der Waals surface area contributed by atoms with Crippen molar-refractivity contribution in [3.63, 3.8) is 0 Å². The Hall–Kier alpha value is -1.35. The zero-order chi connectivity index (χ0) is 14.8. The van der Waals surface area contributed by atoms with Crippen LogP contribution in [0.5, 0.6) is 5.75 Å². The molecule has 6 nitrogen and oxygen atoms in total. The Labute approximate surface area is 125 Å². The van der Waals surface area contributed by atoms with Crippen molar-refractivity contribution in [1.82, 2.24) is 9.71 Å². The fourth-order valence-electron chi connectivity index (χ4n) is 1.49. The average Bonchev–Trinajstić information content (AvgIpc) is 2.83. The van der Waals surface area contributed by atoms with E-state index in [0.717, 1.165) is 4.88 Å². The van der Waals surface area contributed by atoms with E-state index in [1.165, 1.54) is 36.6 Å². The molecule has 0 unspecified atom stereocenters. The van der Waals surface area contributed by atoms with Gasteiger partial charge in [0.25, 0.3) is 0 Å². The van der Waals surface area contributed by atoms with Crippen LogP contribution < -0.4 is 10.0 Å². The number of rotatable bonds is 5. The normalized spacial score (nSPS) is 11.5. The summed E-state index contributed by atoms with van der Waals surface area (Å²) >= 11 is 7.03. The van der Waals surface area contributed by atoms with Crippen LogP contribution in [0.4, 0.5) is 5.69 Å². The second kappa shape index (κ2) is 5.96. The van der Waals surface area contributed by atoms with E-state index >= 15 is 0 Å². The summed E-state index contributed by atoms with van der Waals surface area (Å²) in [5.74, 6) is -0.0318. The molecule has 0 fully saturated rings. The van der Waals surface area contributed by atoms with Gasteiger partial charge < -0.3 is 10.4 Å². The highest BCUT2D eigenvalue weighted by molar-refractivity contribution is 7.89. The first kappa shape index (κ1) is 15.0. The van der Waals surface area contributed by atoms with E-state index in [9.17, 15) is 13.5 Å². The Morgan fingerprint density at radius 2 is 2.20 bits per heavy atom. The Balaban J connectivity index is 2.21. The molecule has 0 bridgehead atoms. The fourth-order valence-corrected chi connectivity index (χ4v) is 3.16. The molecule has 20 heavy (non-hydrogen) atoms. The van der Waals surface area contributed by atoms with Crippen LogP contribution in [0.25, 0.3) is 0 Å². The summed E-state index contributed by atoms with van der Waals surface area (Å²) in [7, 11) is -2.22. The topological polar surface area (TPSA) is 91.3 Å². The maximum Gasteiger partial charge on any atom is 0.240 e. The molecular weight excluding hydrogens is 322 g/mol. The molecule has 3 N–H and O–H groups in total. The minimum absolute atomic E-state index is 0.0318. The number of anilines is 1. The highest BCUT2D eigenvalue weighted by Gasteiger charge is 2.13. The van der Waals surface area contributed by atoms with Crippen LogP contribution in [-0.4, -0.2) is 25.6 Å². The second-order valence-electron chi connectivity index (χ2n) is 3.82. The van der Waals surface area contributed by atoms with Crippen LogP contribution in [0.2, 0.25) is 4.47 Å². The van der Waals surface area contributed by atoms with Crippen molar-refractivity contribution in [3.05, 3.63) is 33.7 Å². The number of nitrogens with zero attached hydrogens (tertiary/aromatic N) is 1. The lowest BCUT2D eigenvalue weighted by molar-refractivity contribution is 0.476. The van der Waals surface area contributed by atoms with E-state index in [4.69, 9.17) is 11.6 Å². The van der Waals surface area contributed by atoms with Gasteiger partial charge in [-0.3, -0.25) is 0 Å². The number of nitrogens with one attached hydrogen (secondary N) is 2. The van der Waals surface area contributed by atoms with Crippen LogP contribution in [0.3, 0.4) is 0 Å². The molecule has 1 aromatic carbocycles. The maximum atomic E-state index is 11.7. The average molecular weight is 334 g/mol. The Morgan fingerprint density at radius 1 is 1.45 bits per heavy atom. The molecule has 0 spiro atoms. The Morgan fingerprint density at radius 3 is 2.80 bits per heavy atom. The SMILES string of the molecule is CNS(=O)(=O)c1ccc(O)c(NCc2cnc(Cl)s2)c1. The maximum absolute atomic E-state index is 11.7. The molecular formula is C11H12ClN3O3S2. The molecule has 0 radical (unpaired) electrons. The van der Waals surface area contributed by atoms with E-state index in [0.29, 0.717) is 16.7 Å². The van der Waals surface area contributed by atoms with Gasteiger partial charge in [-0.05, 0) is 25.2 Å². The van der Waals surface area contributed by atoms with E-state index in [-0.39, 0.29) is 10.6 Å². The predicted octanol–water partition coefficient (Wildman–Crippen LogP) is 2.02. The number of hydrogen-bond acceptors (Lipinski definition) is 6. The molecule has 0 atom stereocenters. The van der Waals surface area contributed by atoms with E-state index in [1.54, 1.807) is 6.20 Å². The van der Waals surface area contributed by atoms with Crippen molar-refractivity contribution in [2.24, 2.45) is 0 Å². The minimum Gasteiger partial charge on any atom is -0.506 e. The standard InChI is InChI=1S/C11H12ClN3O3S2/c1-13-20(17,18)8-2-3-10(16)9(4-8)14-5-7-6-15-11(12)19-7/h2-4,6,13-14,16H,5H2,1H3. The molecule has 0 amide bonds. The molecule has 9 heteroatoms. The fraction of sp³-hybridized carbons (Fsp3) is 0.182. The van der Waals surface area contributed by atoms with Crippen LogP contribution >= 0.6 is 22.9 Å². The van der Waals surface area contributed by atoms with Gasteiger partial charge in [0.2, 0.25) is 10.0 Å². The molecule has 0 aliphatic heterocycles. The molecule has 108 valence electrons. The summed E-state index contributed by atoms with van der Waals surface area (Å²) in [6, 6.07) is 4.02. The van der Waals surface area contributed by atoms with Gasteiger partial charge in [0.05, 0.1) is 17.1 Å². The summed E-state index contributed by atoms with van der Waals surface area (Å²) in [5.41, 5.74) is 0.325. The van der Waals surface area contributed by atoms with E-state index in [1.807, 2.05) is 0 Å². The first-order valence-electron chi connectivity index (χ1n) is 5.53. The van der Waals surface area contributed by atoms with Crippen molar-refractivity contribution in [3.8, 4) is 5.75 Å². The van der Waals surface area contributed by atoms with Gasteiger partial charge in [0, 0.05) is 11.1 Å². The summed E-state index contributed by atoms with van der Waals surface area (Å²) < 4.78 is 26.0. The summed E-state index contributed by atoms with van der Waals surface area (Å²) in [4.78, 5) is 4.84. The third-order valence-electron chi connectivity index (χ3n) is 2.53. The lowest BCUT2D eigenvalue weighted by Gasteiger charge is -2.09. The van der Waals surface area contributed by atoms with E-state index in [2.05, 4.69) is 15.0 Å². The van der Waals surface area contributed by atoms with Crippen molar-refractivity contribution in [2.75, 3.05) is 12.4 Å². The quantitative estimate of drug-likeness (QED) is 0.728. The first-order valence-corrected chi connectivity index (χ1v) is 8.21. The van der Waals surface area contributed by atoms with Gasteiger partial charge in [0.15, 0.2) is 4.47 Å². The molecule has 0 saturated carbocycles. The zero-order valence-corrected chi connectivity index (χ0v) is 12.8. The molecule has 1 heterocycles. The van der Waals surface area contributed by atoms with Crippen LogP contribution in [-0.2, 0) is 16.6 Å². The number of sulfonamides is 1. The number of aromatic nitrogens is 1. The van der Waals surface area contributed by atoms with Crippen molar-refractivity contribution >= 4 is 38.6 Å². The molecule has 0 saturated heterocycles. The van der Waals surface area contributed by atoms with Crippen LogP contribution in [0.15, 0.2) is 29.3 Å². The van der Waals surface area contributed by atoms with Gasteiger partial charge in [-0.15, -0.1) is 11.3 Å². The number of halogens is 1. The number of thiazole rings is 1. The highest BCUT2D eigenvalue weighted by Crippen LogP contribution is 2.27. The highest BCUT2D eigenvalue weighted by atomic mass is 35.5. The van der Waals surface area contributed by atoms with Crippen molar-refractivity contribution < 1.29 is 13.5 Å². The monoisotopic (exact) mass is 333 g/mol. The van der Waals surface area contributed by atoms with Gasteiger partial charge in [0.1, 0.15) is 5.75 Å². The number of benzene rings is 1. The van der Waals surface area contributed by atoms with Gasteiger partial charge in [-0.25, -0.2) is 18.1 Å². The van der Waals surface area contributed by atoms with Crippen molar-refractivity contribution in [2.45, 2.75) is 11.4 Å². The number of phenols is 1. The molecule has 2 rings (SSSR count). The lowest BCUT2D eigenvalue weighted by atomic mass is 10.3. The van der Waals surface area contributed by atoms with Gasteiger partial charge in [-0.2, -0.15) is 0 Å². The van der Waals surface area contributed by atoms with Gasteiger partial charge in [-0.1, -0.05) is 11.6 Å². The third kappa shape index (κ3) is 3.40. The predicted molar refractivity (Wildman–Crippen MR) is 78.8 cm³/mol. The summed E-state index contributed by atoms with van der Waals surface area (Å²) in [6.45, 7) is 0.390. The Bertz CT molecular complexity index is 715. The minimum atomic E-state index is -3.55. The second-order valence-corrected chi connectivity index (χ2v) is 7.40. The molecule has 2 aromatic rings. The number of hydrogen-bond donors (Lipinski definition) is 3. The molecule has 0 aliphatic rings. The zero-order valence-electron chi connectivity index (χ0n) is 10.4. The van der Waals surface area contributed by atoms with E-state index < -0.39 is 10.0 Å². The first-order chi connectivity index (χ1) is 9.42. The molecule has 0 aliphatic carbocycles. The van der Waals surface area contributed by atoms with Gasteiger partial charge >= 0.3 is 0 Å². The van der Waals surface area contributed by atoms with Crippen molar-refractivity contribution in [1.29, 1.82) is 0 Å². The third-order valence-corrected chi connectivity index (χ3v) is 5.05. The Kier molecular flexibility index (Phi) is 4.48. The summed E-state index contributed by atoms with van der Waals surface area (Å²) in [5, 5.41) is 12.7. The molecule has 1 aromatic heterocycles. The largest absolute Gasteiger partial charge is 0.506 e.